The van der Waals surface area contributed by atoms with Crippen molar-refractivity contribution >= 4 is 34.0 Å². The van der Waals surface area contributed by atoms with Crippen molar-refractivity contribution in [1.82, 2.24) is 0 Å². The molecule has 1 N–H and O–H groups in total. The highest BCUT2D eigenvalue weighted by Gasteiger charge is 2.25. The standard InChI is InChI=1S/C20H15ClFNO/c21-18-11-10-16-15(12-4-5-12)2-1-3-17(16)19(18)23-20(24)13-6-8-14(22)9-7-13/h1-3,6-12H,4-5H2,(H,23,24). The molecule has 0 aliphatic heterocycles. The maximum atomic E-state index is 13.0. The van der Waals surface area contributed by atoms with Gasteiger partial charge in [-0.05, 0) is 60.0 Å². The Kier molecular flexibility index (Phi) is 3.73. The molecule has 120 valence electrons. The molecule has 24 heavy (non-hydrogen) atoms. The number of amides is 1. The van der Waals surface area contributed by atoms with Crippen LogP contribution < -0.4 is 5.32 Å². The molecule has 0 spiro atoms. The van der Waals surface area contributed by atoms with Crippen LogP contribution in [0.5, 0.6) is 0 Å². The quantitative estimate of drug-likeness (QED) is 0.645. The number of anilines is 1. The second-order valence-corrected chi connectivity index (χ2v) is 6.51. The van der Waals surface area contributed by atoms with Crippen LogP contribution in [-0.4, -0.2) is 5.91 Å². The lowest BCUT2D eigenvalue weighted by atomic mass is 10.00. The van der Waals surface area contributed by atoms with Crippen molar-refractivity contribution in [2.24, 2.45) is 0 Å². The zero-order valence-corrected chi connectivity index (χ0v) is 13.6. The van der Waals surface area contributed by atoms with Crippen LogP contribution in [0.4, 0.5) is 10.1 Å². The topological polar surface area (TPSA) is 29.1 Å². The van der Waals surface area contributed by atoms with Gasteiger partial charge >= 0.3 is 0 Å². The van der Waals surface area contributed by atoms with Gasteiger partial charge in [-0.25, -0.2) is 4.39 Å². The minimum Gasteiger partial charge on any atom is -0.320 e. The van der Waals surface area contributed by atoms with E-state index in [4.69, 9.17) is 11.6 Å². The number of benzene rings is 3. The molecular weight excluding hydrogens is 325 g/mol. The lowest BCUT2D eigenvalue weighted by Crippen LogP contribution is -2.12. The summed E-state index contributed by atoms with van der Waals surface area (Å²) in [6, 6.07) is 15.4. The molecule has 1 aliphatic rings. The maximum absolute atomic E-state index is 13.0. The van der Waals surface area contributed by atoms with Crippen LogP contribution in [0, 0.1) is 5.82 Å². The van der Waals surface area contributed by atoms with E-state index < -0.39 is 0 Å². The first kappa shape index (κ1) is 15.2. The van der Waals surface area contributed by atoms with Gasteiger partial charge < -0.3 is 5.32 Å². The number of halogens is 2. The highest BCUT2D eigenvalue weighted by Crippen LogP contribution is 2.44. The summed E-state index contributed by atoms with van der Waals surface area (Å²) in [4.78, 5) is 12.5. The molecule has 0 aromatic heterocycles. The van der Waals surface area contributed by atoms with E-state index >= 15 is 0 Å². The van der Waals surface area contributed by atoms with E-state index in [-0.39, 0.29) is 11.7 Å². The lowest BCUT2D eigenvalue weighted by molar-refractivity contribution is 0.102. The average Bonchev–Trinajstić information content (AvgIpc) is 3.42. The largest absolute Gasteiger partial charge is 0.320 e. The monoisotopic (exact) mass is 339 g/mol. The minimum absolute atomic E-state index is 0.304. The average molecular weight is 340 g/mol. The third-order valence-electron chi connectivity index (χ3n) is 4.41. The summed E-state index contributed by atoms with van der Waals surface area (Å²) in [5.74, 6) is -0.0689. The fraction of sp³-hybridized carbons (Fsp3) is 0.150. The van der Waals surface area contributed by atoms with Crippen LogP contribution in [0.1, 0.15) is 34.7 Å². The Morgan fingerprint density at radius 1 is 1.00 bits per heavy atom. The molecule has 1 fully saturated rings. The summed E-state index contributed by atoms with van der Waals surface area (Å²) in [6.45, 7) is 0. The van der Waals surface area contributed by atoms with Crippen molar-refractivity contribution in [3.63, 3.8) is 0 Å². The van der Waals surface area contributed by atoms with Crippen molar-refractivity contribution in [1.29, 1.82) is 0 Å². The number of hydrogen-bond donors (Lipinski definition) is 1. The second-order valence-electron chi connectivity index (χ2n) is 6.10. The number of carbonyl (C=O) groups is 1. The molecule has 1 aliphatic carbocycles. The first-order valence-electron chi connectivity index (χ1n) is 7.91. The Morgan fingerprint density at radius 3 is 2.46 bits per heavy atom. The smallest absolute Gasteiger partial charge is 0.255 e. The highest BCUT2D eigenvalue weighted by molar-refractivity contribution is 6.36. The number of rotatable bonds is 3. The third kappa shape index (κ3) is 2.76. The van der Waals surface area contributed by atoms with Crippen LogP contribution in [0.25, 0.3) is 10.8 Å². The van der Waals surface area contributed by atoms with Crippen LogP contribution in [0.15, 0.2) is 54.6 Å². The van der Waals surface area contributed by atoms with Crippen molar-refractivity contribution in [2.75, 3.05) is 5.32 Å². The second kappa shape index (κ2) is 5.91. The van der Waals surface area contributed by atoms with Gasteiger partial charge in [0.1, 0.15) is 5.82 Å². The molecule has 3 aromatic carbocycles. The summed E-state index contributed by atoms with van der Waals surface area (Å²) in [5, 5.41) is 5.43. The third-order valence-corrected chi connectivity index (χ3v) is 4.72. The van der Waals surface area contributed by atoms with Gasteiger partial charge in [-0.1, -0.05) is 35.9 Å². The Hall–Kier alpha value is -2.39. The molecule has 3 aromatic rings. The molecule has 0 bridgehead atoms. The Bertz CT molecular complexity index is 932. The summed E-state index contributed by atoms with van der Waals surface area (Å²) < 4.78 is 13.0. The molecule has 0 saturated heterocycles. The zero-order valence-electron chi connectivity index (χ0n) is 12.9. The van der Waals surface area contributed by atoms with Gasteiger partial charge in [-0.2, -0.15) is 0 Å². The van der Waals surface area contributed by atoms with Crippen molar-refractivity contribution < 1.29 is 9.18 Å². The number of nitrogens with one attached hydrogen (secondary N) is 1. The zero-order chi connectivity index (χ0) is 16.7. The van der Waals surface area contributed by atoms with Gasteiger partial charge in [-0.15, -0.1) is 0 Å². The number of carbonyl (C=O) groups excluding carboxylic acids is 1. The normalized spacial score (nSPS) is 13.9. The maximum Gasteiger partial charge on any atom is 0.255 e. The summed E-state index contributed by atoms with van der Waals surface area (Å²) in [6.07, 6.45) is 2.41. The van der Waals surface area contributed by atoms with Crippen molar-refractivity contribution in [2.45, 2.75) is 18.8 Å². The molecule has 4 rings (SSSR count). The first-order valence-corrected chi connectivity index (χ1v) is 8.29. The van der Waals surface area contributed by atoms with Crippen LogP contribution in [0.2, 0.25) is 5.02 Å². The summed E-state index contributed by atoms with van der Waals surface area (Å²) in [7, 11) is 0. The van der Waals surface area contributed by atoms with Gasteiger partial charge in [-0.3, -0.25) is 4.79 Å². The van der Waals surface area contributed by atoms with Gasteiger partial charge in [0.2, 0.25) is 0 Å². The SMILES string of the molecule is O=C(Nc1c(Cl)ccc2c(C3CC3)cccc12)c1ccc(F)cc1. The molecule has 2 nitrogen and oxygen atoms in total. The lowest BCUT2D eigenvalue weighted by Gasteiger charge is -2.13. The summed E-state index contributed by atoms with van der Waals surface area (Å²) in [5.41, 5.74) is 2.30. The predicted octanol–water partition coefficient (Wildman–Crippen LogP) is 5.76. The fourth-order valence-electron chi connectivity index (χ4n) is 3.02. The van der Waals surface area contributed by atoms with E-state index in [0.717, 1.165) is 10.8 Å². The van der Waals surface area contributed by atoms with Crippen LogP contribution in [0.3, 0.4) is 0 Å². The number of fused-ring (bicyclic) bond motifs is 1. The van der Waals surface area contributed by atoms with E-state index in [2.05, 4.69) is 11.4 Å². The Labute approximate surface area is 144 Å². The van der Waals surface area contributed by atoms with Gasteiger partial charge in [0, 0.05) is 10.9 Å². The Balaban J connectivity index is 1.75. The van der Waals surface area contributed by atoms with E-state index in [0.29, 0.717) is 22.2 Å². The fourth-order valence-corrected chi connectivity index (χ4v) is 3.23. The molecule has 4 heteroatoms. The molecular formula is C20H15ClFNO. The van der Waals surface area contributed by atoms with Gasteiger partial charge in [0.15, 0.2) is 0 Å². The molecule has 1 amide bonds. The molecule has 1 saturated carbocycles. The van der Waals surface area contributed by atoms with Crippen molar-refractivity contribution in [3.8, 4) is 0 Å². The summed E-state index contributed by atoms with van der Waals surface area (Å²) >= 11 is 6.33. The first-order chi connectivity index (χ1) is 11.6. The Morgan fingerprint density at radius 2 is 1.75 bits per heavy atom. The highest BCUT2D eigenvalue weighted by atomic mass is 35.5. The van der Waals surface area contributed by atoms with Gasteiger partial charge in [0.05, 0.1) is 10.7 Å². The molecule has 0 unspecified atom stereocenters. The van der Waals surface area contributed by atoms with Crippen LogP contribution >= 0.6 is 11.6 Å². The van der Waals surface area contributed by atoms with Crippen LogP contribution in [-0.2, 0) is 0 Å². The number of hydrogen-bond acceptors (Lipinski definition) is 1. The molecule has 0 radical (unpaired) electrons. The minimum atomic E-state index is -0.371. The predicted molar refractivity (Wildman–Crippen MR) is 95.3 cm³/mol. The van der Waals surface area contributed by atoms with E-state index in [9.17, 15) is 9.18 Å². The van der Waals surface area contributed by atoms with E-state index in [1.54, 1.807) is 0 Å². The molecule has 0 heterocycles. The van der Waals surface area contributed by atoms with E-state index in [1.807, 2.05) is 24.3 Å². The van der Waals surface area contributed by atoms with E-state index in [1.165, 1.54) is 42.7 Å². The van der Waals surface area contributed by atoms with Gasteiger partial charge in [0.25, 0.3) is 5.91 Å². The van der Waals surface area contributed by atoms with Crippen molar-refractivity contribution in [3.05, 3.63) is 76.6 Å². The molecule has 0 atom stereocenters.